The molecule has 0 aliphatic rings. The maximum atomic E-state index is 13.0. The van der Waals surface area contributed by atoms with Crippen molar-refractivity contribution in [3.8, 4) is 5.75 Å². The molecular weight excluding hydrogens is 462 g/mol. The molecule has 0 spiro atoms. The number of nitrogens with one attached hydrogen (secondary N) is 2. The van der Waals surface area contributed by atoms with E-state index in [4.69, 9.17) is 17.3 Å². The topological polar surface area (TPSA) is 104 Å². The van der Waals surface area contributed by atoms with Gasteiger partial charge in [0.2, 0.25) is 5.91 Å². The fourth-order valence-electron chi connectivity index (χ4n) is 3.90. The lowest BCUT2D eigenvalue weighted by molar-refractivity contribution is -0.119. The van der Waals surface area contributed by atoms with Gasteiger partial charge in [0.1, 0.15) is 11.3 Å². The number of hydrogen-bond donors (Lipinski definition) is 4. The Balaban J connectivity index is 1.64. The van der Waals surface area contributed by atoms with Crippen LogP contribution in [0.1, 0.15) is 22.7 Å². The van der Waals surface area contributed by atoms with Crippen molar-refractivity contribution >= 4 is 39.8 Å². The van der Waals surface area contributed by atoms with Gasteiger partial charge < -0.3 is 26.4 Å². The van der Waals surface area contributed by atoms with Crippen molar-refractivity contribution in [2.24, 2.45) is 5.73 Å². The Labute approximate surface area is 209 Å². The zero-order valence-corrected chi connectivity index (χ0v) is 20.4. The zero-order chi connectivity index (χ0) is 24.9. The van der Waals surface area contributed by atoms with E-state index in [1.54, 1.807) is 24.4 Å². The lowest BCUT2D eigenvalue weighted by Gasteiger charge is -2.22. The lowest BCUT2D eigenvalue weighted by atomic mass is 9.95. The van der Waals surface area contributed by atoms with E-state index < -0.39 is 6.04 Å². The predicted octanol–water partition coefficient (Wildman–Crippen LogP) is 4.44. The number of aromatic nitrogens is 1. The van der Waals surface area contributed by atoms with Crippen LogP contribution in [-0.4, -0.2) is 36.6 Å². The van der Waals surface area contributed by atoms with Crippen molar-refractivity contribution < 1.29 is 9.90 Å². The number of phenols is 1. The molecule has 0 aliphatic heterocycles. The highest BCUT2D eigenvalue weighted by Crippen LogP contribution is 2.38. The van der Waals surface area contributed by atoms with Crippen LogP contribution in [0.2, 0.25) is 5.02 Å². The summed E-state index contributed by atoms with van der Waals surface area (Å²) in [5.41, 5.74) is 10.2. The molecule has 1 unspecified atom stereocenters. The Hall–Kier alpha value is -3.81. The number of benzene rings is 3. The van der Waals surface area contributed by atoms with Crippen LogP contribution in [0, 0.1) is 0 Å². The molecule has 35 heavy (non-hydrogen) atoms. The predicted molar refractivity (Wildman–Crippen MR) is 142 cm³/mol. The molecule has 7 nitrogen and oxygen atoms in total. The number of aromatic hydroxyl groups is 1. The van der Waals surface area contributed by atoms with Gasteiger partial charge in [0.15, 0.2) is 0 Å². The van der Waals surface area contributed by atoms with Gasteiger partial charge in [-0.3, -0.25) is 9.78 Å². The Kier molecular flexibility index (Phi) is 7.39. The smallest absolute Gasteiger partial charge is 0.240 e. The van der Waals surface area contributed by atoms with E-state index in [0.717, 1.165) is 22.5 Å². The molecule has 0 saturated carbocycles. The largest absolute Gasteiger partial charge is 0.505 e. The summed E-state index contributed by atoms with van der Waals surface area (Å²) in [7, 11) is 3.92. The van der Waals surface area contributed by atoms with Crippen LogP contribution in [0.4, 0.5) is 11.4 Å². The molecule has 4 rings (SSSR count). The summed E-state index contributed by atoms with van der Waals surface area (Å²) in [6.45, 7) is 0.457. The third kappa shape index (κ3) is 5.48. The number of hydrogen-bond acceptors (Lipinski definition) is 6. The van der Waals surface area contributed by atoms with Crippen molar-refractivity contribution in [2.45, 2.75) is 12.6 Å². The molecule has 0 bridgehead atoms. The Bertz CT molecular complexity index is 1340. The van der Waals surface area contributed by atoms with E-state index in [2.05, 4.69) is 15.6 Å². The molecular formula is C27H28ClN5O2. The Morgan fingerprint density at radius 2 is 1.89 bits per heavy atom. The van der Waals surface area contributed by atoms with Gasteiger partial charge in [0, 0.05) is 49.2 Å². The number of fused-ring (bicyclic) bond motifs is 1. The summed E-state index contributed by atoms with van der Waals surface area (Å²) in [5.74, 6) is -0.269. The molecule has 0 radical (unpaired) electrons. The molecule has 1 atom stereocenters. The van der Waals surface area contributed by atoms with Crippen molar-refractivity contribution in [1.82, 2.24) is 10.3 Å². The first-order chi connectivity index (χ1) is 16.9. The Morgan fingerprint density at radius 1 is 1.11 bits per heavy atom. The van der Waals surface area contributed by atoms with Crippen molar-refractivity contribution in [3.05, 3.63) is 94.6 Å². The molecule has 4 aromatic rings. The number of carbonyl (C=O) groups excluding carboxylic acids is 1. The fourth-order valence-corrected chi connectivity index (χ4v) is 4.17. The van der Waals surface area contributed by atoms with Crippen LogP contribution in [0.3, 0.4) is 0 Å². The van der Waals surface area contributed by atoms with Gasteiger partial charge in [-0.15, -0.1) is 0 Å². The maximum Gasteiger partial charge on any atom is 0.240 e. The molecule has 3 aromatic carbocycles. The number of nitrogens with zero attached hydrogens (tertiary/aromatic N) is 2. The molecule has 0 fully saturated rings. The fraction of sp³-hybridized carbons (Fsp3) is 0.185. The van der Waals surface area contributed by atoms with Gasteiger partial charge in [-0.05, 0) is 47.5 Å². The molecule has 5 N–H and O–H groups in total. The number of halogens is 1. The molecule has 1 heterocycles. The first kappa shape index (κ1) is 24.3. The van der Waals surface area contributed by atoms with Gasteiger partial charge in [-0.25, -0.2) is 0 Å². The zero-order valence-electron chi connectivity index (χ0n) is 19.6. The number of carbonyl (C=O) groups is 1. The molecule has 1 aromatic heterocycles. The summed E-state index contributed by atoms with van der Waals surface area (Å²) in [6.07, 6.45) is 1.59. The van der Waals surface area contributed by atoms with Gasteiger partial charge in [0.25, 0.3) is 0 Å². The molecule has 8 heteroatoms. The minimum Gasteiger partial charge on any atom is -0.505 e. The third-order valence-corrected chi connectivity index (χ3v) is 6.14. The summed E-state index contributed by atoms with van der Waals surface area (Å²) in [4.78, 5) is 19.3. The van der Waals surface area contributed by atoms with E-state index in [9.17, 15) is 9.90 Å². The van der Waals surface area contributed by atoms with Crippen molar-refractivity contribution in [2.75, 3.05) is 30.9 Å². The maximum absolute atomic E-state index is 13.0. The van der Waals surface area contributed by atoms with Gasteiger partial charge in [-0.2, -0.15) is 0 Å². The average Bonchev–Trinajstić information content (AvgIpc) is 2.88. The van der Waals surface area contributed by atoms with E-state index in [0.29, 0.717) is 28.0 Å². The highest BCUT2D eigenvalue weighted by Gasteiger charge is 2.23. The summed E-state index contributed by atoms with van der Waals surface area (Å²) in [6, 6.07) is 20.0. The molecule has 0 saturated heterocycles. The summed E-state index contributed by atoms with van der Waals surface area (Å²) >= 11 is 6.53. The van der Waals surface area contributed by atoms with Crippen molar-refractivity contribution in [3.63, 3.8) is 0 Å². The molecule has 1 amide bonds. The minimum absolute atomic E-state index is 0.0233. The average molecular weight is 490 g/mol. The van der Waals surface area contributed by atoms with E-state index >= 15 is 0 Å². The highest BCUT2D eigenvalue weighted by molar-refractivity contribution is 6.35. The third-order valence-electron chi connectivity index (χ3n) is 5.83. The number of amides is 1. The number of nitrogens with two attached hydrogens (primary N) is 1. The van der Waals surface area contributed by atoms with Crippen LogP contribution in [0.25, 0.3) is 10.9 Å². The number of phenolic OH excluding ortho intramolecular Hbond substituents is 1. The number of rotatable bonds is 8. The standard InChI is InChI=1S/C27H28ClN5O2/c1-33(2)20-6-3-5-19(13-20)31-16-24(34)32-25(18-10-8-17(15-29)9-11-18)22-14-23(28)21-7-4-12-30-26(21)27(22)35/h3-14,25,31,35H,15-16,29H2,1-2H3,(H,32,34). The first-order valence-corrected chi connectivity index (χ1v) is 11.6. The van der Waals surface area contributed by atoms with E-state index in [1.165, 1.54) is 0 Å². The number of pyridine rings is 1. The second-order valence-electron chi connectivity index (χ2n) is 8.44. The first-order valence-electron chi connectivity index (χ1n) is 11.2. The SMILES string of the molecule is CN(C)c1cccc(NCC(=O)NC(c2ccc(CN)cc2)c2cc(Cl)c3cccnc3c2O)c1. The molecule has 180 valence electrons. The van der Waals surface area contributed by atoms with Gasteiger partial charge >= 0.3 is 0 Å². The van der Waals surface area contributed by atoms with Crippen LogP contribution < -0.4 is 21.3 Å². The van der Waals surface area contributed by atoms with Crippen molar-refractivity contribution in [1.29, 1.82) is 0 Å². The molecule has 0 aliphatic carbocycles. The van der Waals surface area contributed by atoms with Gasteiger partial charge in [-0.1, -0.05) is 41.9 Å². The second kappa shape index (κ2) is 10.6. The monoisotopic (exact) mass is 489 g/mol. The normalized spacial score (nSPS) is 11.8. The summed E-state index contributed by atoms with van der Waals surface area (Å²) in [5, 5.41) is 18.4. The minimum atomic E-state index is -0.645. The van der Waals surface area contributed by atoms with Crippen LogP contribution in [0.15, 0.2) is 72.9 Å². The quantitative estimate of drug-likeness (QED) is 0.292. The highest BCUT2D eigenvalue weighted by atomic mass is 35.5. The number of anilines is 2. The van der Waals surface area contributed by atoms with E-state index in [-0.39, 0.29) is 18.2 Å². The van der Waals surface area contributed by atoms with Crippen LogP contribution in [0.5, 0.6) is 5.75 Å². The lowest BCUT2D eigenvalue weighted by Crippen LogP contribution is -2.34. The Morgan fingerprint density at radius 3 is 2.60 bits per heavy atom. The van der Waals surface area contributed by atoms with Crippen LogP contribution >= 0.6 is 11.6 Å². The van der Waals surface area contributed by atoms with Crippen LogP contribution in [-0.2, 0) is 11.3 Å². The van der Waals surface area contributed by atoms with Gasteiger partial charge in [0.05, 0.1) is 17.6 Å². The second-order valence-corrected chi connectivity index (χ2v) is 8.85. The van der Waals surface area contributed by atoms with E-state index in [1.807, 2.05) is 67.5 Å². The summed E-state index contributed by atoms with van der Waals surface area (Å²) < 4.78 is 0.